The van der Waals surface area contributed by atoms with Crippen LogP contribution in [0, 0.1) is 5.92 Å². The number of benzene rings is 1. The molecule has 0 fully saturated rings. The van der Waals surface area contributed by atoms with E-state index < -0.39 is 0 Å². The second kappa shape index (κ2) is 5.24. The number of guanidine groups is 1. The first kappa shape index (κ1) is 14.2. The maximum absolute atomic E-state index is 6.21. The molecule has 0 saturated heterocycles. The average Bonchev–Trinajstić information content (AvgIpc) is 2.77. The minimum atomic E-state index is -0.0591. The van der Waals surface area contributed by atoms with E-state index in [0.29, 0.717) is 11.9 Å². The largest absolute Gasteiger partial charge is 0.497 e. The van der Waals surface area contributed by atoms with Crippen LogP contribution in [0.2, 0.25) is 0 Å². The first-order chi connectivity index (χ1) is 10.1. The van der Waals surface area contributed by atoms with Gasteiger partial charge in [-0.3, -0.25) is 4.99 Å². The fourth-order valence-corrected chi connectivity index (χ4v) is 3.72. The highest BCUT2D eigenvalue weighted by Crippen LogP contribution is 2.44. The van der Waals surface area contributed by atoms with Crippen molar-refractivity contribution in [2.24, 2.45) is 16.6 Å². The Morgan fingerprint density at radius 2 is 2.24 bits per heavy atom. The summed E-state index contributed by atoms with van der Waals surface area (Å²) in [6, 6.07) is 6.46. The van der Waals surface area contributed by atoms with Crippen molar-refractivity contribution in [3.8, 4) is 5.75 Å². The highest BCUT2D eigenvalue weighted by Gasteiger charge is 2.46. The quantitative estimate of drug-likeness (QED) is 0.929. The lowest BCUT2D eigenvalue weighted by Gasteiger charge is -2.44. The summed E-state index contributed by atoms with van der Waals surface area (Å²) < 4.78 is 5.44. The molecule has 0 saturated carbocycles. The molecule has 114 valence electrons. The first-order valence-electron chi connectivity index (χ1n) is 7.82. The summed E-state index contributed by atoms with van der Waals surface area (Å²) in [6.07, 6.45) is 3.44. The molecule has 4 heteroatoms. The molecule has 2 N–H and O–H groups in total. The van der Waals surface area contributed by atoms with Crippen molar-refractivity contribution in [3.05, 3.63) is 29.3 Å². The van der Waals surface area contributed by atoms with Crippen molar-refractivity contribution in [1.82, 2.24) is 4.90 Å². The van der Waals surface area contributed by atoms with Gasteiger partial charge < -0.3 is 15.4 Å². The lowest BCUT2D eigenvalue weighted by Crippen LogP contribution is -2.52. The number of hydrogen-bond acceptors (Lipinski definition) is 4. The third-order valence-corrected chi connectivity index (χ3v) is 4.70. The van der Waals surface area contributed by atoms with Crippen LogP contribution in [0.5, 0.6) is 5.75 Å². The minimum absolute atomic E-state index is 0.0591. The van der Waals surface area contributed by atoms with Gasteiger partial charge in [-0.15, -0.1) is 0 Å². The van der Waals surface area contributed by atoms with E-state index in [1.807, 2.05) is 0 Å². The molecule has 1 unspecified atom stereocenters. The van der Waals surface area contributed by atoms with Crippen molar-refractivity contribution in [2.45, 2.75) is 38.6 Å². The minimum Gasteiger partial charge on any atom is -0.497 e. The maximum Gasteiger partial charge on any atom is 0.192 e. The molecule has 0 aromatic heterocycles. The number of ether oxygens (including phenoxy) is 1. The SMILES string of the molecule is COc1ccc2c(c1)C1(CCC2)CN=C(N)N1CC(C)C. The molecule has 0 radical (unpaired) electrons. The molecule has 1 aliphatic carbocycles. The fourth-order valence-electron chi connectivity index (χ4n) is 3.72. The molecule has 3 rings (SSSR count). The van der Waals surface area contributed by atoms with Crippen molar-refractivity contribution in [1.29, 1.82) is 0 Å². The molecule has 4 nitrogen and oxygen atoms in total. The Morgan fingerprint density at radius 1 is 1.43 bits per heavy atom. The first-order valence-corrected chi connectivity index (χ1v) is 7.82. The van der Waals surface area contributed by atoms with E-state index in [1.54, 1.807) is 7.11 Å². The summed E-state index contributed by atoms with van der Waals surface area (Å²) in [5.41, 5.74) is 8.92. The van der Waals surface area contributed by atoms with Gasteiger partial charge in [-0.25, -0.2) is 0 Å². The molecule has 1 aromatic carbocycles. The Bertz CT molecular complexity index is 567. The number of nitrogens with two attached hydrogens (primary N) is 1. The van der Waals surface area contributed by atoms with E-state index in [2.05, 4.69) is 41.9 Å². The van der Waals surface area contributed by atoms with Crippen molar-refractivity contribution >= 4 is 5.96 Å². The van der Waals surface area contributed by atoms with E-state index >= 15 is 0 Å². The Kier molecular flexibility index (Phi) is 3.56. The maximum atomic E-state index is 6.21. The van der Waals surface area contributed by atoms with Crippen LogP contribution >= 0.6 is 0 Å². The third kappa shape index (κ3) is 2.27. The normalized spacial score (nSPS) is 24.4. The van der Waals surface area contributed by atoms with Crippen LogP contribution in [0.3, 0.4) is 0 Å². The van der Waals surface area contributed by atoms with Gasteiger partial charge in [-0.05, 0) is 48.4 Å². The Morgan fingerprint density at radius 3 is 2.95 bits per heavy atom. The molecule has 1 aromatic rings. The zero-order valence-corrected chi connectivity index (χ0v) is 13.2. The van der Waals surface area contributed by atoms with E-state index in [9.17, 15) is 0 Å². The monoisotopic (exact) mass is 287 g/mol. The zero-order valence-electron chi connectivity index (χ0n) is 13.2. The van der Waals surface area contributed by atoms with Gasteiger partial charge in [0.05, 0.1) is 19.2 Å². The highest BCUT2D eigenvalue weighted by atomic mass is 16.5. The summed E-state index contributed by atoms with van der Waals surface area (Å²) in [5, 5.41) is 0. The van der Waals surface area contributed by atoms with Gasteiger partial charge in [0.1, 0.15) is 5.75 Å². The van der Waals surface area contributed by atoms with Crippen LogP contribution in [0.15, 0.2) is 23.2 Å². The van der Waals surface area contributed by atoms with E-state index in [0.717, 1.165) is 31.7 Å². The summed E-state index contributed by atoms with van der Waals surface area (Å²) in [7, 11) is 1.72. The van der Waals surface area contributed by atoms with Crippen LogP contribution < -0.4 is 10.5 Å². The molecule has 2 aliphatic rings. The molecular weight excluding hydrogens is 262 g/mol. The second-order valence-corrected chi connectivity index (χ2v) is 6.59. The summed E-state index contributed by atoms with van der Waals surface area (Å²) >= 11 is 0. The van der Waals surface area contributed by atoms with Gasteiger partial charge in [0.2, 0.25) is 0 Å². The number of fused-ring (bicyclic) bond motifs is 2. The van der Waals surface area contributed by atoms with Crippen molar-refractivity contribution < 1.29 is 4.74 Å². The molecular formula is C17H25N3O. The van der Waals surface area contributed by atoms with Gasteiger partial charge in [0, 0.05) is 6.54 Å². The summed E-state index contributed by atoms with van der Waals surface area (Å²) in [5.74, 6) is 2.18. The van der Waals surface area contributed by atoms with Crippen LogP contribution in [-0.4, -0.2) is 31.1 Å². The summed E-state index contributed by atoms with van der Waals surface area (Å²) in [6.45, 7) is 6.18. The van der Waals surface area contributed by atoms with E-state index in [1.165, 1.54) is 17.5 Å². The predicted molar refractivity (Wildman–Crippen MR) is 85.6 cm³/mol. The fraction of sp³-hybridized carbons (Fsp3) is 0.588. The second-order valence-electron chi connectivity index (χ2n) is 6.59. The number of aliphatic imine (C=N–C) groups is 1. The Balaban J connectivity index is 2.06. The standard InChI is InChI=1S/C17H25N3O/c1-12(2)10-20-16(18)19-11-17(20)8-4-5-13-6-7-14(21-3)9-15(13)17/h6-7,9,12H,4-5,8,10-11H2,1-3H3,(H2,18,19). The smallest absolute Gasteiger partial charge is 0.192 e. The highest BCUT2D eigenvalue weighted by molar-refractivity contribution is 5.81. The zero-order chi connectivity index (χ0) is 15.0. The number of methoxy groups -OCH3 is 1. The molecule has 21 heavy (non-hydrogen) atoms. The van der Waals surface area contributed by atoms with Gasteiger partial charge in [-0.2, -0.15) is 0 Å². The Hall–Kier alpha value is -1.71. The van der Waals surface area contributed by atoms with Crippen LogP contribution in [0.1, 0.15) is 37.8 Å². The van der Waals surface area contributed by atoms with Gasteiger partial charge >= 0.3 is 0 Å². The van der Waals surface area contributed by atoms with E-state index in [4.69, 9.17) is 10.5 Å². The molecule has 1 heterocycles. The van der Waals surface area contributed by atoms with Crippen molar-refractivity contribution in [2.75, 3.05) is 20.2 Å². The number of aryl methyl sites for hydroxylation is 1. The predicted octanol–water partition coefficient (Wildman–Crippen LogP) is 2.51. The lowest BCUT2D eigenvalue weighted by atomic mass is 9.75. The van der Waals surface area contributed by atoms with Crippen LogP contribution in [0.4, 0.5) is 0 Å². The number of hydrogen-bond donors (Lipinski definition) is 1. The molecule has 1 spiro atoms. The Labute approximate surface area is 127 Å². The molecule has 1 aliphatic heterocycles. The molecule has 1 atom stereocenters. The number of nitrogens with zero attached hydrogens (tertiary/aromatic N) is 2. The molecule has 0 amide bonds. The van der Waals surface area contributed by atoms with Gasteiger partial charge in [0.15, 0.2) is 5.96 Å². The average molecular weight is 287 g/mol. The third-order valence-electron chi connectivity index (χ3n) is 4.70. The summed E-state index contributed by atoms with van der Waals surface area (Å²) in [4.78, 5) is 6.91. The van der Waals surface area contributed by atoms with Gasteiger partial charge in [-0.1, -0.05) is 19.9 Å². The lowest BCUT2D eigenvalue weighted by molar-refractivity contribution is 0.157. The topological polar surface area (TPSA) is 50.9 Å². The van der Waals surface area contributed by atoms with Crippen molar-refractivity contribution in [3.63, 3.8) is 0 Å². The number of rotatable bonds is 3. The van der Waals surface area contributed by atoms with Crippen LogP contribution in [-0.2, 0) is 12.0 Å². The van der Waals surface area contributed by atoms with Crippen LogP contribution in [0.25, 0.3) is 0 Å². The van der Waals surface area contributed by atoms with E-state index in [-0.39, 0.29) is 5.54 Å². The van der Waals surface area contributed by atoms with Gasteiger partial charge in [0.25, 0.3) is 0 Å². The molecule has 0 bridgehead atoms.